The largest absolute Gasteiger partial charge is 0.327 e. The van der Waals surface area contributed by atoms with Gasteiger partial charge in [0.15, 0.2) is 0 Å². The van der Waals surface area contributed by atoms with Gasteiger partial charge in [-0.15, -0.1) is 12.4 Å². The van der Waals surface area contributed by atoms with E-state index in [4.69, 9.17) is 5.73 Å². The van der Waals surface area contributed by atoms with Crippen LogP contribution in [0.15, 0.2) is 0 Å². The topological polar surface area (TPSA) is 26.0 Å². The van der Waals surface area contributed by atoms with Gasteiger partial charge in [-0.1, -0.05) is 27.2 Å². The molecule has 0 amide bonds. The molecule has 58 valence electrons. The lowest BCUT2D eigenvalue weighted by molar-refractivity contribution is 0.432. The summed E-state index contributed by atoms with van der Waals surface area (Å²) in [5.74, 6) is 0.694. The van der Waals surface area contributed by atoms with E-state index in [2.05, 4.69) is 20.8 Å². The molecular weight excluding hydrogens is 134 g/mol. The lowest BCUT2D eigenvalue weighted by Gasteiger charge is -2.14. The summed E-state index contributed by atoms with van der Waals surface area (Å²) >= 11 is 0. The van der Waals surface area contributed by atoms with Crippen LogP contribution in [0.5, 0.6) is 0 Å². The van der Waals surface area contributed by atoms with Gasteiger partial charge in [-0.05, 0) is 12.3 Å². The maximum absolute atomic E-state index is 5.73. The minimum atomic E-state index is 0. The Hall–Kier alpha value is 0.250. The second kappa shape index (κ2) is 6.37. The summed E-state index contributed by atoms with van der Waals surface area (Å²) in [6.45, 7) is 6.52. The Morgan fingerprint density at radius 1 is 1.22 bits per heavy atom. The normalized spacial score (nSPS) is 16.0. The fraction of sp³-hybridized carbons (Fsp3) is 1.00. The highest BCUT2D eigenvalue weighted by atomic mass is 35.5. The molecule has 0 aromatic heterocycles. The first-order valence-electron chi connectivity index (χ1n) is 3.47. The number of rotatable bonds is 3. The first-order chi connectivity index (χ1) is 3.72. The SMILES string of the molecule is CCC(C)C(N)CC.Cl. The van der Waals surface area contributed by atoms with E-state index in [1.807, 2.05) is 0 Å². The van der Waals surface area contributed by atoms with Crippen LogP contribution in [-0.2, 0) is 0 Å². The minimum Gasteiger partial charge on any atom is -0.327 e. The minimum absolute atomic E-state index is 0. The van der Waals surface area contributed by atoms with Crippen LogP contribution in [0.3, 0.4) is 0 Å². The molecule has 0 aromatic carbocycles. The van der Waals surface area contributed by atoms with E-state index < -0.39 is 0 Å². The number of hydrogen-bond acceptors (Lipinski definition) is 1. The summed E-state index contributed by atoms with van der Waals surface area (Å²) in [4.78, 5) is 0. The molecule has 0 saturated heterocycles. The van der Waals surface area contributed by atoms with Crippen LogP contribution >= 0.6 is 12.4 Å². The van der Waals surface area contributed by atoms with Crippen molar-refractivity contribution in [3.8, 4) is 0 Å². The molecule has 2 N–H and O–H groups in total. The Labute approximate surface area is 64.4 Å². The summed E-state index contributed by atoms with van der Waals surface area (Å²) < 4.78 is 0. The molecule has 0 radical (unpaired) electrons. The molecule has 2 heteroatoms. The van der Waals surface area contributed by atoms with Crippen LogP contribution in [0, 0.1) is 5.92 Å². The first-order valence-corrected chi connectivity index (χ1v) is 3.47. The molecule has 0 aromatic rings. The molecule has 2 atom stereocenters. The Balaban J connectivity index is 0. The van der Waals surface area contributed by atoms with E-state index in [1.54, 1.807) is 0 Å². The van der Waals surface area contributed by atoms with Gasteiger partial charge in [0, 0.05) is 6.04 Å². The molecule has 1 nitrogen and oxygen atoms in total. The van der Waals surface area contributed by atoms with E-state index in [0.717, 1.165) is 6.42 Å². The first kappa shape index (κ1) is 12.0. The van der Waals surface area contributed by atoms with Crippen molar-refractivity contribution in [1.29, 1.82) is 0 Å². The highest BCUT2D eigenvalue weighted by molar-refractivity contribution is 5.85. The van der Waals surface area contributed by atoms with Gasteiger partial charge in [0.2, 0.25) is 0 Å². The van der Waals surface area contributed by atoms with Gasteiger partial charge in [0.1, 0.15) is 0 Å². The molecule has 2 unspecified atom stereocenters. The van der Waals surface area contributed by atoms with Gasteiger partial charge < -0.3 is 5.73 Å². The summed E-state index contributed by atoms with van der Waals surface area (Å²) in [6.07, 6.45) is 2.31. The van der Waals surface area contributed by atoms with Crippen LogP contribution in [0.25, 0.3) is 0 Å². The summed E-state index contributed by atoms with van der Waals surface area (Å²) in [6, 6.07) is 0.417. The smallest absolute Gasteiger partial charge is 0.00618 e. The summed E-state index contributed by atoms with van der Waals surface area (Å²) in [7, 11) is 0. The fourth-order valence-corrected chi connectivity index (χ4v) is 0.705. The highest BCUT2D eigenvalue weighted by Crippen LogP contribution is 2.06. The second-order valence-electron chi connectivity index (χ2n) is 2.46. The molecule has 0 heterocycles. The van der Waals surface area contributed by atoms with Crippen molar-refractivity contribution in [2.75, 3.05) is 0 Å². The quantitative estimate of drug-likeness (QED) is 0.658. The van der Waals surface area contributed by atoms with Crippen molar-refractivity contribution in [2.45, 2.75) is 39.7 Å². The van der Waals surface area contributed by atoms with Crippen molar-refractivity contribution in [2.24, 2.45) is 11.7 Å². The average molecular weight is 152 g/mol. The molecule has 0 rings (SSSR count). The maximum Gasteiger partial charge on any atom is 0.00618 e. The highest BCUT2D eigenvalue weighted by Gasteiger charge is 2.05. The zero-order chi connectivity index (χ0) is 6.57. The fourth-order valence-electron chi connectivity index (χ4n) is 0.705. The molecule has 0 spiro atoms. The monoisotopic (exact) mass is 151 g/mol. The Kier molecular flexibility index (Phi) is 8.48. The van der Waals surface area contributed by atoms with Crippen LogP contribution in [0.1, 0.15) is 33.6 Å². The zero-order valence-electron chi connectivity index (χ0n) is 6.55. The molecule has 0 fully saturated rings. The molecule has 0 bridgehead atoms. The van der Waals surface area contributed by atoms with Gasteiger partial charge in [-0.25, -0.2) is 0 Å². The number of nitrogens with two attached hydrogens (primary N) is 1. The lowest BCUT2D eigenvalue weighted by atomic mass is 9.98. The van der Waals surface area contributed by atoms with Crippen molar-refractivity contribution in [3.63, 3.8) is 0 Å². The molecule has 0 aliphatic rings. The summed E-state index contributed by atoms with van der Waals surface area (Å²) in [5, 5.41) is 0. The van der Waals surface area contributed by atoms with Gasteiger partial charge in [0.05, 0.1) is 0 Å². The van der Waals surface area contributed by atoms with Gasteiger partial charge in [-0.2, -0.15) is 0 Å². The van der Waals surface area contributed by atoms with Crippen LogP contribution in [-0.4, -0.2) is 6.04 Å². The lowest BCUT2D eigenvalue weighted by Crippen LogP contribution is -2.26. The Bertz CT molecular complexity index is 48.9. The molecule has 9 heavy (non-hydrogen) atoms. The molecule has 0 aliphatic heterocycles. The third-order valence-electron chi connectivity index (χ3n) is 1.85. The third-order valence-corrected chi connectivity index (χ3v) is 1.85. The van der Waals surface area contributed by atoms with Crippen LogP contribution in [0.2, 0.25) is 0 Å². The van der Waals surface area contributed by atoms with E-state index in [9.17, 15) is 0 Å². The predicted molar refractivity (Wildman–Crippen MR) is 45.0 cm³/mol. The van der Waals surface area contributed by atoms with E-state index in [-0.39, 0.29) is 12.4 Å². The Morgan fingerprint density at radius 3 is 1.78 bits per heavy atom. The summed E-state index contributed by atoms with van der Waals surface area (Å²) in [5.41, 5.74) is 5.73. The predicted octanol–water partition coefficient (Wildman–Crippen LogP) is 2.19. The standard InChI is InChI=1S/C7H17N.ClH/c1-4-6(3)7(8)5-2;/h6-7H,4-5,8H2,1-3H3;1H. The third kappa shape index (κ3) is 4.73. The number of hydrogen-bond donors (Lipinski definition) is 1. The maximum atomic E-state index is 5.73. The van der Waals surface area contributed by atoms with E-state index in [0.29, 0.717) is 12.0 Å². The van der Waals surface area contributed by atoms with Crippen molar-refractivity contribution in [1.82, 2.24) is 0 Å². The zero-order valence-corrected chi connectivity index (χ0v) is 7.37. The average Bonchev–Trinajstić information content (AvgIpc) is 1.84. The van der Waals surface area contributed by atoms with E-state index >= 15 is 0 Å². The second-order valence-corrected chi connectivity index (χ2v) is 2.46. The van der Waals surface area contributed by atoms with Gasteiger partial charge >= 0.3 is 0 Å². The van der Waals surface area contributed by atoms with Gasteiger partial charge in [-0.3, -0.25) is 0 Å². The number of halogens is 1. The van der Waals surface area contributed by atoms with Crippen molar-refractivity contribution in [3.05, 3.63) is 0 Å². The van der Waals surface area contributed by atoms with Crippen molar-refractivity contribution >= 4 is 12.4 Å². The van der Waals surface area contributed by atoms with Crippen LogP contribution in [0.4, 0.5) is 0 Å². The van der Waals surface area contributed by atoms with Gasteiger partial charge in [0.25, 0.3) is 0 Å². The molecular formula is C7H18ClN. The molecule has 0 aliphatic carbocycles. The van der Waals surface area contributed by atoms with Crippen molar-refractivity contribution < 1.29 is 0 Å². The van der Waals surface area contributed by atoms with E-state index in [1.165, 1.54) is 6.42 Å². The van der Waals surface area contributed by atoms with Crippen LogP contribution < -0.4 is 5.73 Å². The molecule has 0 saturated carbocycles. The Morgan fingerprint density at radius 2 is 1.67 bits per heavy atom.